The number of aliphatic carboxylic acids is 1. The van der Waals surface area contributed by atoms with Gasteiger partial charge in [0, 0.05) is 23.3 Å². The lowest BCUT2D eigenvalue weighted by atomic mass is 10.1. The molecule has 1 amide bonds. The minimum atomic E-state index is -5.08. The number of carbonyl (C=O) groups is 2. The van der Waals surface area contributed by atoms with E-state index in [1.165, 1.54) is 6.20 Å². The fraction of sp³-hybridized carbons (Fsp3) is 0.227. The number of methoxy groups -OCH3 is 3. The van der Waals surface area contributed by atoms with E-state index in [2.05, 4.69) is 10.3 Å². The van der Waals surface area contributed by atoms with Crippen molar-refractivity contribution in [1.29, 1.82) is 0 Å². The van der Waals surface area contributed by atoms with Crippen LogP contribution in [0.5, 0.6) is 17.2 Å². The number of aromatic nitrogens is 1. The molecule has 0 aliphatic heterocycles. The van der Waals surface area contributed by atoms with Crippen molar-refractivity contribution in [2.24, 2.45) is 5.73 Å². The van der Waals surface area contributed by atoms with Gasteiger partial charge in [0.25, 0.3) is 5.91 Å². The maximum absolute atomic E-state index is 12.0. The number of ether oxygens (including phenoxy) is 3. The molecule has 0 saturated heterocycles. The summed E-state index contributed by atoms with van der Waals surface area (Å²) in [6.45, 7) is 1.95. The number of alkyl halides is 3. The molecule has 0 spiro atoms. The predicted octanol–water partition coefficient (Wildman–Crippen LogP) is 4.04. The van der Waals surface area contributed by atoms with Gasteiger partial charge < -0.3 is 30.4 Å². The summed E-state index contributed by atoms with van der Waals surface area (Å²) in [5.74, 6) is -1.50. The molecule has 4 N–H and O–H groups in total. The number of amides is 1. The fourth-order valence-electron chi connectivity index (χ4n) is 2.88. The third-order valence-corrected chi connectivity index (χ3v) is 4.57. The minimum Gasteiger partial charge on any atom is -0.497 e. The maximum atomic E-state index is 12.0. The average Bonchev–Trinajstić information content (AvgIpc) is 2.78. The number of carbonyl (C=O) groups excluding carboxylic acids is 1. The lowest BCUT2D eigenvalue weighted by Crippen LogP contribution is -2.21. The van der Waals surface area contributed by atoms with E-state index in [4.69, 9.17) is 29.8 Å². The topological polar surface area (TPSA) is 133 Å². The summed E-state index contributed by atoms with van der Waals surface area (Å²) in [7, 11) is 4.72. The zero-order chi connectivity index (χ0) is 25.6. The van der Waals surface area contributed by atoms with Crippen LogP contribution in [-0.2, 0) is 4.79 Å². The molecular weight excluding hydrogens is 459 g/mol. The van der Waals surface area contributed by atoms with Crippen molar-refractivity contribution in [1.82, 2.24) is 4.98 Å². The first-order valence-electron chi connectivity index (χ1n) is 9.49. The number of aryl methyl sites for hydroxylation is 1. The van der Waals surface area contributed by atoms with Crippen molar-refractivity contribution in [2.45, 2.75) is 13.1 Å². The number of nitrogens with two attached hydrogens (primary N) is 1. The molecule has 3 rings (SSSR count). The maximum Gasteiger partial charge on any atom is 0.490 e. The van der Waals surface area contributed by atoms with Crippen molar-refractivity contribution in [3.8, 4) is 17.2 Å². The lowest BCUT2D eigenvalue weighted by molar-refractivity contribution is -0.192. The van der Waals surface area contributed by atoms with E-state index >= 15 is 0 Å². The Labute approximate surface area is 192 Å². The van der Waals surface area contributed by atoms with E-state index in [-0.39, 0.29) is 5.56 Å². The van der Waals surface area contributed by atoms with Crippen molar-refractivity contribution >= 4 is 34.2 Å². The number of carboxylic acids is 1. The number of rotatable bonds is 6. The second kappa shape index (κ2) is 10.6. The van der Waals surface area contributed by atoms with Gasteiger partial charge in [0.05, 0.1) is 38.1 Å². The van der Waals surface area contributed by atoms with Gasteiger partial charge in [-0.1, -0.05) is 0 Å². The second-order valence-electron chi connectivity index (χ2n) is 6.74. The number of nitrogens with one attached hydrogen (secondary N) is 1. The Morgan fingerprint density at radius 1 is 1.03 bits per heavy atom. The van der Waals surface area contributed by atoms with E-state index in [1.54, 1.807) is 33.5 Å². The Hall–Kier alpha value is -4.22. The van der Waals surface area contributed by atoms with Crippen LogP contribution in [-0.4, -0.2) is 49.5 Å². The van der Waals surface area contributed by atoms with Crippen LogP contribution >= 0.6 is 0 Å². The zero-order valence-corrected chi connectivity index (χ0v) is 18.6. The number of hydrogen-bond acceptors (Lipinski definition) is 7. The van der Waals surface area contributed by atoms with Gasteiger partial charge in [-0.2, -0.15) is 13.2 Å². The predicted molar refractivity (Wildman–Crippen MR) is 118 cm³/mol. The SMILES string of the molecule is COc1ccc(Nc2c(C(N)=O)cnc3cc(OC)c(OC)cc23)c(C)c1.O=C(O)C(F)(F)F. The summed E-state index contributed by atoms with van der Waals surface area (Å²) in [6, 6.07) is 9.15. The van der Waals surface area contributed by atoms with Crippen LogP contribution in [0.4, 0.5) is 24.5 Å². The molecule has 0 aliphatic carbocycles. The van der Waals surface area contributed by atoms with Crippen LogP contribution < -0.4 is 25.3 Å². The summed E-state index contributed by atoms with van der Waals surface area (Å²) in [5.41, 5.74) is 8.83. The monoisotopic (exact) mass is 481 g/mol. The number of anilines is 2. The van der Waals surface area contributed by atoms with Crippen LogP contribution in [0.2, 0.25) is 0 Å². The summed E-state index contributed by atoms with van der Waals surface area (Å²) >= 11 is 0. The number of benzene rings is 2. The Balaban J connectivity index is 0.000000509. The molecule has 0 aliphatic rings. The van der Waals surface area contributed by atoms with Gasteiger partial charge in [-0.05, 0) is 36.8 Å². The van der Waals surface area contributed by atoms with Gasteiger partial charge in [0.15, 0.2) is 11.5 Å². The molecule has 0 atom stereocenters. The van der Waals surface area contributed by atoms with Crippen molar-refractivity contribution in [3.63, 3.8) is 0 Å². The van der Waals surface area contributed by atoms with Gasteiger partial charge in [-0.3, -0.25) is 9.78 Å². The fourth-order valence-corrected chi connectivity index (χ4v) is 2.88. The molecule has 182 valence electrons. The van der Waals surface area contributed by atoms with Crippen LogP contribution in [0, 0.1) is 6.92 Å². The number of carboxylic acid groups (broad SMARTS) is 1. The summed E-state index contributed by atoms with van der Waals surface area (Å²) < 4.78 is 47.7. The lowest BCUT2D eigenvalue weighted by Gasteiger charge is -2.17. The van der Waals surface area contributed by atoms with Gasteiger partial charge in [0.2, 0.25) is 0 Å². The summed E-state index contributed by atoms with van der Waals surface area (Å²) in [4.78, 5) is 25.2. The van der Waals surface area contributed by atoms with Crippen LogP contribution in [0.1, 0.15) is 15.9 Å². The zero-order valence-electron chi connectivity index (χ0n) is 18.6. The smallest absolute Gasteiger partial charge is 0.490 e. The first-order chi connectivity index (χ1) is 15.9. The quantitative estimate of drug-likeness (QED) is 0.480. The van der Waals surface area contributed by atoms with Crippen LogP contribution in [0.3, 0.4) is 0 Å². The average molecular weight is 481 g/mol. The Bertz CT molecular complexity index is 1210. The van der Waals surface area contributed by atoms with E-state index in [0.717, 1.165) is 17.0 Å². The number of primary amides is 1. The molecule has 0 fully saturated rings. The van der Waals surface area contributed by atoms with Gasteiger partial charge in [0.1, 0.15) is 5.75 Å². The third-order valence-electron chi connectivity index (χ3n) is 4.57. The third kappa shape index (κ3) is 5.97. The van der Waals surface area contributed by atoms with Gasteiger partial charge in [-0.15, -0.1) is 0 Å². The Morgan fingerprint density at radius 2 is 1.62 bits per heavy atom. The molecule has 12 heteroatoms. The second-order valence-corrected chi connectivity index (χ2v) is 6.74. The Morgan fingerprint density at radius 3 is 2.09 bits per heavy atom. The van der Waals surface area contributed by atoms with E-state index in [9.17, 15) is 18.0 Å². The van der Waals surface area contributed by atoms with E-state index in [0.29, 0.717) is 28.1 Å². The number of nitrogens with zero attached hydrogens (tertiary/aromatic N) is 1. The molecule has 0 unspecified atom stereocenters. The van der Waals surface area contributed by atoms with Crippen LogP contribution in [0.25, 0.3) is 10.9 Å². The minimum absolute atomic E-state index is 0.282. The number of fused-ring (bicyclic) bond motifs is 1. The molecule has 1 aromatic heterocycles. The highest BCUT2D eigenvalue weighted by Gasteiger charge is 2.38. The highest BCUT2D eigenvalue weighted by molar-refractivity contribution is 6.08. The van der Waals surface area contributed by atoms with Gasteiger partial charge in [-0.25, -0.2) is 4.79 Å². The first kappa shape index (κ1) is 26.0. The van der Waals surface area contributed by atoms with E-state index in [1.807, 2.05) is 25.1 Å². The van der Waals surface area contributed by atoms with Crippen molar-refractivity contribution in [3.05, 3.63) is 47.7 Å². The Kier molecular flexibility index (Phi) is 8.12. The number of hydrogen-bond donors (Lipinski definition) is 3. The van der Waals surface area contributed by atoms with Crippen molar-refractivity contribution in [2.75, 3.05) is 26.6 Å². The van der Waals surface area contributed by atoms with Crippen LogP contribution in [0.15, 0.2) is 36.5 Å². The molecule has 3 aromatic rings. The standard InChI is InChI=1S/C20H21N3O4.C2HF3O2/c1-11-7-12(25-2)5-6-15(11)23-19-13-8-17(26-3)18(27-4)9-16(13)22-10-14(19)20(21)24;3-2(4,5)1(6)7/h5-10H,1-4H3,(H2,21,24)(H,22,23);(H,6,7). The normalized spacial score (nSPS) is 10.7. The molecule has 0 bridgehead atoms. The summed E-state index contributed by atoms with van der Waals surface area (Å²) in [6.07, 6.45) is -3.63. The molecule has 0 radical (unpaired) electrons. The molecule has 9 nitrogen and oxygen atoms in total. The van der Waals surface area contributed by atoms with E-state index < -0.39 is 18.1 Å². The highest BCUT2D eigenvalue weighted by Crippen LogP contribution is 2.37. The molecular formula is C22H22F3N3O6. The van der Waals surface area contributed by atoms with Crippen molar-refractivity contribution < 1.29 is 42.1 Å². The molecule has 1 heterocycles. The number of halogens is 3. The summed E-state index contributed by atoms with van der Waals surface area (Å²) in [5, 5.41) is 11.1. The molecule has 2 aromatic carbocycles. The first-order valence-corrected chi connectivity index (χ1v) is 9.49. The molecule has 0 saturated carbocycles. The highest BCUT2D eigenvalue weighted by atomic mass is 19.4. The number of pyridine rings is 1. The largest absolute Gasteiger partial charge is 0.497 e. The van der Waals surface area contributed by atoms with Gasteiger partial charge >= 0.3 is 12.1 Å². The molecule has 34 heavy (non-hydrogen) atoms.